The molecule has 1 heterocycles. The van der Waals surface area contributed by atoms with Crippen LogP contribution in [0.15, 0.2) is 17.5 Å². The highest BCUT2D eigenvalue weighted by atomic mass is 32.1. The number of hydrogen-bond acceptors (Lipinski definition) is 4. The van der Waals surface area contributed by atoms with Gasteiger partial charge >= 0.3 is 5.97 Å². The number of esters is 1. The second-order valence-electron chi connectivity index (χ2n) is 5.05. The minimum Gasteiger partial charge on any atom is -0.461 e. The van der Waals surface area contributed by atoms with Crippen LogP contribution in [0.2, 0.25) is 0 Å². The predicted molar refractivity (Wildman–Crippen MR) is 76.3 cm³/mol. The maximum Gasteiger partial charge on any atom is 0.328 e. The van der Waals surface area contributed by atoms with E-state index in [9.17, 15) is 9.59 Å². The monoisotopic (exact) mass is 283 g/mol. The van der Waals surface area contributed by atoms with Crippen LogP contribution in [-0.2, 0) is 9.53 Å². The Hall–Kier alpha value is -1.36. The van der Waals surface area contributed by atoms with E-state index >= 15 is 0 Å². The van der Waals surface area contributed by atoms with E-state index in [1.54, 1.807) is 19.1 Å². The van der Waals surface area contributed by atoms with Gasteiger partial charge in [0.1, 0.15) is 6.04 Å². The molecule has 0 saturated carbocycles. The van der Waals surface area contributed by atoms with Crippen molar-refractivity contribution in [3.05, 3.63) is 22.4 Å². The zero-order valence-corrected chi connectivity index (χ0v) is 12.6. The first-order chi connectivity index (χ1) is 8.90. The molecule has 1 N–H and O–H groups in total. The second kappa shape index (κ2) is 7.28. The Balaban J connectivity index is 2.42. The largest absolute Gasteiger partial charge is 0.461 e. The number of hydrogen-bond donors (Lipinski definition) is 1. The third-order valence-electron chi connectivity index (χ3n) is 2.57. The van der Waals surface area contributed by atoms with Crippen LogP contribution in [0.4, 0.5) is 0 Å². The molecule has 1 rings (SSSR count). The van der Waals surface area contributed by atoms with Gasteiger partial charge in [0.15, 0.2) is 0 Å². The van der Waals surface area contributed by atoms with Crippen molar-refractivity contribution in [3.8, 4) is 0 Å². The number of thiophene rings is 1. The molecule has 0 aromatic carbocycles. The van der Waals surface area contributed by atoms with Crippen LogP contribution < -0.4 is 5.32 Å². The van der Waals surface area contributed by atoms with Gasteiger partial charge in [0, 0.05) is 0 Å². The topological polar surface area (TPSA) is 55.4 Å². The molecule has 1 aromatic heterocycles. The van der Waals surface area contributed by atoms with Gasteiger partial charge < -0.3 is 10.1 Å². The normalized spacial score (nSPS) is 13.9. The van der Waals surface area contributed by atoms with E-state index in [0.717, 1.165) is 6.42 Å². The molecular weight excluding hydrogens is 262 g/mol. The summed E-state index contributed by atoms with van der Waals surface area (Å²) in [6, 6.07) is 2.89. The van der Waals surface area contributed by atoms with Crippen LogP contribution >= 0.6 is 11.3 Å². The van der Waals surface area contributed by atoms with Gasteiger partial charge in [0.05, 0.1) is 11.0 Å². The smallest absolute Gasteiger partial charge is 0.328 e. The van der Waals surface area contributed by atoms with Gasteiger partial charge in [-0.3, -0.25) is 4.79 Å². The summed E-state index contributed by atoms with van der Waals surface area (Å²) in [7, 11) is 0. The molecule has 0 bridgehead atoms. The van der Waals surface area contributed by atoms with Crippen LogP contribution in [0.25, 0.3) is 0 Å². The molecule has 0 unspecified atom stereocenters. The first-order valence-electron chi connectivity index (χ1n) is 6.45. The molecule has 0 radical (unpaired) electrons. The quantitative estimate of drug-likeness (QED) is 0.817. The fraction of sp³-hybridized carbons (Fsp3) is 0.571. The first kappa shape index (κ1) is 15.7. The highest BCUT2D eigenvalue weighted by Gasteiger charge is 2.20. The summed E-state index contributed by atoms with van der Waals surface area (Å²) < 4.78 is 5.29. The predicted octanol–water partition coefficient (Wildman–Crippen LogP) is 2.84. The first-order valence-corrected chi connectivity index (χ1v) is 7.33. The summed E-state index contributed by atoms with van der Waals surface area (Å²) in [5.41, 5.74) is 0. The van der Waals surface area contributed by atoms with Gasteiger partial charge in [-0.2, -0.15) is 0 Å². The zero-order valence-electron chi connectivity index (χ0n) is 11.8. The van der Waals surface area contributed by atoms with Gasteiger partial charge in [-0.05, 0) is 37.6 Å². The fourth-order valence-electron chi connectivity index (χ4n) is 1.75. The van der Waals surface area contributed by atoms with Crippen molar-refractivity contribution in [1.82, 2.24) is 5.32 Å². The minimum absolute atomic E-state index is 0.131. The number of rotatable bonds is 6. The molecule has 0 fully saturated rings. The lowest BCUT2D eigenvalue weighted by Gasteiger charge is -2.18. The van der Waals surface area contributed by atoms with E-state index in [1.807, 2.05) is 12.3 Å². The molecule has 0 aliphatic rings. The van der Waals surface area contributed by atoms with E-state index in [-0.39, 0.29) is 12.0 Å². The molecule has 0 saturated heterocycles. The van der Waals surface area contributed by atoms with Crippen molar-refractivity contribution >= 4 is 23.2 Å². The molecule has 19 heavy (non-hydrogen) atoms. The molecule has 4 nitrogen and oxygen atoms in total. The van der Waals surface area contributed by atoms with Gasteiger partial charge in [0.25, 0.3) is 5.91 Å². The van der Waals surface area contributed by atoms with Crippen LogP contribution in [-0.4, -0.2) is 24.0 Å². The van der Waals surface area contributed by atoms with Crippen molar-refractivity contribution in [2.24, 2.45) is 5.92 Å². The zero-order chi connectivity index (χ0) is 14.4. The maximum absolute atomic E-state index is 11.8. The summed E-state index contributed by atoms with van der Waals surface area (Å²) >= 11 is 1.34. The maximum atomic E-state index is 11.8. The summed E-state index contributed by atoms with van der Waals surface area (Å²) in [5, 5.41) is 4.46. The Kier molecular flexibility index (Phi) is 6.02. The fourth-order valence-corrected chi connectivity index (χ4v) is 2.37. The molecular formula is C14H21NO3S. The van der Waals surface area contributed by atoms with E-state index < -0.39 is 12.0 Å². The van der Waals surface area contributed by atoms with E-state index in [1.165, 1.54) is 11.3 Å². The molecule has 0 aliphatic carbocycles. The molecule has 0 aliphatic heterocycles. The van der Waals surface area contributed by atoms with Crippen molar-refractivity contribution < 1.29 is 14.3 Å². The van der Waals surface area contributed by atoms with E-state index in [4.69, 9.17) is 4.74 Å². The third kappa shape index (κ3) is 5.42. The van der Waals surface area contributed by atoms with Crippen molar-refractivity contribution in [2.45, 2.75) is 46.3 Å². The summed E-state index contributed by atoms with van der Waals surface area (Å²) in [6.45, 7) is 7.65. The standard InChI is InChI=1S/C14H21NO3S/c1-9(2)8-10(3)18-14(17)11(4)15-13(16)12-6-5-7-19-12/h5-7,9-11H,8H2,1-4H3,(H,15,16)/t10-,11-/m0/s1. The lowest BCUT2D eigenvalue weighted by atomic mass is 10.1. The second-order valence-corrected chi connectivity index (χ2v) is 6.00. The van der Waals surface area contributed by atoms with Crippen molar-refractivity contribution in [3.63, 3.8) is 0 Å². The minimum atomic E-state index is -0.635. The van der Waals surface area contributed by atoms with Crippen LogP contribution in [0.1, 0.15) is 43.8 Å². The van der Waals surface area contributed by atoms with Crippen molar-refractivity contribution in [2.75, 3.05) is 0 Å². The van der Waals surface area contributed by atoms with Gasteiger partial charge in [0.2, 0.25) is 0 Å². The average Bonchev–Trinajstić information content (AvgIpc) is 2.80. The Morgan fingerprint density at radius 1 is 1.32 bits per heavy atom. The Morgan fingerprint density at radius 3 is 2.53 bits per heavy atom. The van der Waals surface area contributed by atoms with Crippen LogP contribution in [0.3, 0.4) is 0 Å². The number of amides is 1. The molecule has 1 aromatic rings. The Labute approximate surface area is 118 Å². The molecule has 106 valence electrons. The van der Waals surface area contributed by atoms with Crippen molar-refractivity contribution in [1.29, 1.82) is 0 Å². The lowest BCUT2D eigenvalue weighted by Crippen LogP contribution is -2.40. The third-order valence-corrected chi connectivity index (χ3v) is 3.44. The number of nitrogens with one attached hydrogen (secondary N) is 1. The SMILES string of the molecule is CC(C)C[C@H](C)OC(=O)[C@H](C)NC(=O)c1cccs1. The van der Waals surface area contributed by atoms with Gasteiger partial charge in [-0.15, -0.1) is 11.3 Å². The molecule has 1 amide bonds. The van der Waals surface area contributed by atoms with Gasteiger partial charge in [-0.1, -0.05) is 19.9 Å². The average molecular weight is 283 g/mol. The van der Waals surface area contributed by atoms with Crippen LogP contribution in [0.5, 0.6) is 0 Å². The van der Waals surface area contributed by atoms with E-state index in [0.29, 0.717) is 10.8 Å². The lowest BCUT2D eigenvalue weighted by molar-refractivity contribution is -0.150. The molecule has 2 atom stereocenters. The molecule has 5 heteroatoms. The van der Waals surface area contributed by atoms with E-state index in [2.05, 4.69) is 19.2 Å². The summed E-state index contributed by atoms with van der Waals surface area (Å²) in [6.07, 6.45) is 0.686. The summed E-state index contributed by atoms with van der Waals surface area (Å²) in [5.74, 6) is -0.159. The highest BCUT2D eigenvalue weighted by Crippen LogP contribution is 2.10. The number of ether oxygens (including phenoxy) is 1. The summed E-state index contributed by atoms with van der Waals surface area (Å²) in [4.78, 5) is 24.2. The number of carbonyl (C=O) groups excluding carboxylic acids is 2. The molecule has 0 spiro atoms. The Bertz CT molecular complexity index is 414. The van der Waals surface area contributed by atoms with Gasteiger partial charge in [-0.25, -0.2) is 4.79 Å². The number of carbonyl (C=O) groups is 2. The van der Waals surface area contributed by atoms with Crippen LogP contribution in [0, 0.1) is 5.92 Å². The Morgan fingerprint density at radius 2 is 2.00 bits per heavy atom. The highest BCUT2D eigenvalue weighted by molar-refractivity contribution is 7.12.